The molecule has 3 aromatic heterocycles. The van der Waals surface area contributed by atoms with Gasteiger partial charge in [0, 0.05) is 52.7 Å². The number of aryl methyl sites for hydroxylation is 1. The van der Waals surface area contributed by atoms with Crippen molar-refractivity contribution in [3.8, 4) is 22.3 Å². The third kappa shape index (κ3) is 2.18. The number of aromatic nitrogens is 4. The van der Waals surface area contributed by atoms with Crippen LogP contribution in [0.25, 0.3) is 33.3 Å². The molecule has 4 aromatic rings. The van der Waals surface area contributed by atoms with Crippen molar-refractivity contribution < 1.29 is 0 Å². The molecular formula is C17H13ClN4. The summed E-state index contributed by atoms with van der Waals surface area (Å²) < 4.78 is 1.79. The minimum absolute atomic E-state index is 0.734. The SMILES string of the molecule is Cn1cc(-c2cnc3[nH]cc(-c4ccc(Cl)cc4)c3c2)cn1. The minimum atomic E-state index is 0.734. The highest BCUT2D eigenvalue weighted by molar-refractivity contribution is 6.30. The lowest BCUT2D eigenvalue weighted by molar-refractivity contribution is 0.768. The molecule has 0 bridgehead atoms. The molecule has 0 fully saturated rings. The zero-order valence-corrected chi connectivity index (χ0v) is 12.7. The predicted octanol–water partition coefficient (Wildman–Crippen LogP) is 4.28. The molecule has 1 N–H and O–H groups in total. The minimum Gasteiger partial charge on any atom is -0.346 e. The van der Waals surface area contributed by atoms with E-state index in [9.17, 15) is 0 Å². The maximum absolute atomic E-state index is 5.97. The highest BCUT2D eigenvalue weighted by atomic mass is 35.5. The smallest absolute Gasteiger partial charge is 0.137 e. The van der Waals surface area contributed by atoms with Crippen molar-refractivity contribution in [3.63, 3.8) is 0 Å². The van der Waals surface area contributed by atoms with E-state index >= 15 is 0 Å². The Kier molecular flexibility index (Phi) is 2.98. The van der Waals surface area contributed by atoms with E-state index in [-0.39, 0.29) is 0 Å². The Labute approximate surface area is 132 Å². The number of aromatic amines is 1. The fraction of sp³-hybridized carbons (Fsp3) is 0.0588. The second-order valence-electron chi connectivity index (χ2n) is 5.23. The number of fused-ring (bicyclic) bond motifs is 1. The van der Waals surface area contributed by atoms with Gasteiger partial charge in [0.2, 0.25) is 0 Å². The Bertz CT molecular complexity index is 950. The summed E-state index contributed by atoms with van der Waals surface area (Å²) in [5.74, 6) is 0. The Morgan fingerprint density at radius 2 is 1.86 bits per heavy atom. The molecule has 0 aliphatic carbocycles. The van der Waals surface area contributed by atoms with Crippen molar-refractivity contribution in [2.45, 2.75) is 0 Å². The van der Waals surface area contributed by atoms with E-state index in [4.69, 9.17) is 11.6 Å². The summed E-state index contributed by atoms with van der Waals surface area (Å²) in [5.41, 5.74) is 5.21. The number of nitrogens with zero attached hydrogens (tertiary/aromatic N) is 3. The molecule has 3 heterocycles. The third-order valence-electron chi connectivity index (χ3n) is 3.72. The van der Waals surface area contributed by atoms with Crippen molar-refractivity contribution in [2.24, 2.45) is 7.05 Å². The zero-order valence-electron chi connectivity index (χ0n) is 11.9. The van der Waals surface area contributed by atoms with Crippen molar-refractivity contribution in [3.05, 3.63) is 60.1 Å². The van der Waals surface area contributed by atoms with Crippen LogP contribution < -0.4 is 0 Å². The molecule has 0 aliphatic rings. The molecule has 0 atom stereocenters. The van der Waals surface area contributed by atoms with Gasteiger partial charge in [-0.15, -0.1) is 0 Å². The summed E-state index contributed by atoms with van der Waals surface area (Å²) >= 11 is 5.97. The van der Waals surface area contributed by atoms with Crippen molar-refractivity contribution >= 4 is 22.6 Å². The van der Waals surface area contributed by atoms with Gasteiger partial charge in [-0.25, -0.2) is 4.98 Å². The third-order valence-corrected chi connectivity index (χ3v) is 3.98. The van der Waals surface area contributed by atoms with E-state index < -0.39 is 0 Å². The fourth-order valence-electron chi connectivity index (χ4n) is 2.60. The Hall–Kier alpha value is -2.59. The number of hydrogen-bond acceptors (Lipinski definition) is 2. The molecule has 0 aliphatic heterocycles. The van der Waals surface area contributed by atoms with Crippen molar-refractivity contribution in [2.75, 3.05) is 0 Å². The zero-order chi connectivity index (χ0) is 15.1. The Balaban J connectivity index is 1.88. The normalized spacial score (nSPS) is 11.2. The van der Waals surface area contributed by atoms with Crippen LogP contribution >= 0.6 is 11.6 Å². The van der Waals surface area contributed by atoms with Crippen LogP contribution in [0.5, 0.6) is 0 Å². The van der Waals surface area contributed by atoms with Gasteiger partial charge in [-0.05, 0) is 23.8 Å². The van der Waals surface area contributed by atoms with Gasteiger partial charge in [0.15, 0.2) is 0 Å². The van der Waals surface area contributed by atoms with Crippen LogP contribution in [0.1, 0.15) is 0 Å². The molecule has 0 unspecified atom stereocenters. The molecule has 0 radical (unpaired) electrons. The van der Waals surface area contributed by atoms with E-state index in [2.05, 4.69) is 21.1 Å². The van der Waals surface area contributed by atoms with Crippen LogP contribution in [-0.2, 0) is 7.05 Å². The van der Waals surface area contributed by atoms with Gasteiger partial charge in [-0.3, -0.25) is 4.68 Å². The average molecular weight is 309 g/mol. The van der Waals surface area contributed by atoms with Crippen LogP contribution in [0.2, 0.25) is 5.02 Å². The standard InChI is InChI=1S/C17H13ClN4/c1-22-10-13(8-21-22)12-6-15-16(9-20-17(15)19-7-12)11-2-4-14(18)5-3-11/h2-10H,1H3,(H,19,20). The maximum atomic E-state index is 5.97. The van der Waals surface area contributed by atoms with Crippen molar-refractivity contribution in [1.82, 2.24) is 19.7 Å². The summed E-state index contributed by atoms with van der Waals surface area (Å²) in [6.45, 7) is 0. The number of H-pyrrole nitrogens is 1. The molecular weight excluding hydrogens is 296 g/mol. The molecule has 22 heavy (non-hydrogen) atoms. The highest BCUT2D eigenvalue weighted by Crippen LogP contribution is 2.31. The first-order valence-electron chi connectivity index (χ1n) is 6.93. The fourth-order valence-corrected chi connectivity index (χ4v) is 2.73. The second-order valence-corrected chi connectivity index (χ2v) is 5.67. The molecule has 0 saturated carbocycles. The van der Waals surface area contributed by atoms with Gasteiger partial charge in [0.05, 0.1) is 6.20 Å². The monoisotopic (exact) mass is 308 g/mol. The van der Waals surface area contributed by atoms with Crippen LogP contribution in [-0.4, -0.2) is 19.7 Å². The topological polar surface area (TPSA) is 46.5 Å². The maximum Gasteiger partial charge on any atom is 0.137 e. The first-order chi connectivity index (χ1) is 10.7. The number of hydrogen-bond donors (Lipinski definition) is 1. The van der Waals surface area contributed by atoms with E-state index in [1.54, 1.807) is 4.68 Å². The average Bonchev–Trinajstić information content (AvgIpc) is 3.14. The largest absolute Gasteiger partial charge is 0.346 e. The quantitative estimate of drug-likeness (QED) is 0.600. The van der Waals surface area contributed by atoms with E-state index in [1.807, 2.05) is 56.1 Å². The van der Waals surface area contributed by atoms with Crippen molar-refractivity contribution in [1.29, 1.82) is 0 Å². The second kappa shape index (κ2) is 5.00. The molecule has 0 spiro atoms. The number of pyridine rings is 1. The lowest BCUT2D eigenvalue weighted by Gasteiger charge is -2.02. The molecule has 5 heteroatoms. The van der Waals surface area contributed by atoms with Crippen LogP contribution in [0.4, 0.5) is 0 Å². The molecule has 0 amide bonds. The predicted molar refractivity (Wildman–Crippen MR) is 88.7 cm³/mol. The van der Waals surface area contributed by atoms with Crippen LogP contribution in [0.3, 0.4) is 0 Å². The Morgan fingerprint density at radius 3 is 2.59 bits per heavy atom. The highest BCUT2D eigenvalue weighted by Gasteiger charge is 2.09. The summed E-state index contributed by atoms with van der Waals surface area (Å²) in [5, 5.41) is 6.04. The molecule has 4 nitrogen and oxygen atoms in total. The van der Waals surface area contributed by atoms with E-state index in [0.29, 0.717) is 0 Å². The number of halogens is 1. The van der Waals surface area contributed by atoms with Gasteiger partial charge >= 0.3 is 0 Å². The number of rotatable bonds is 2. The molecule has 1 aromatic carbocycles. The van der Waals surface area contributed by atoms with Gasteiger partial charge < -0.3 is 4.98 Å². The summed E-state index contributed by atoms with van der Waals surface area (Å²) in [4.78, 5) is 7.73. The molecule has 4 rings (SSSR count). The van der Waals surface area contributed by atoms with E-state index in [1.165, 1.54) is 0 Å². The summed E-state index contributed by atoms with van der Waals surface area (Å²) in [6.07, 6.45) is 7.67. The Morgan fingerprint density at radius 1 is 1.05 bits per heavy atom. The lowest BCUT2D eigenvalue weighted by Crippen LogP contribution is -1.84. The molecule has 0 saturated heterocycles. The first kappa shape index (κ1) is 13.1. The van der Waals surface area contributed by atoms with Crippen LogP contribution in [0, 0.1) is 0 Å². The summed E-state index contributed by atoms with van der Waals surface area (Å²) in [6, 6.07) is 9.96. The summed E-state index contributed by atoms with van der Waals surface area (Å²) in [7, 11) is 1.91. The van der Waals surface area contributed by atoms with Gasteiger partial charge in [0.25, 0.3) is 0 Å². The number of nitrogens with one attached hydrogen (secondary N) is 1. The van der Waals surface area contributed by atoms with E-state index in [0.717, 1.165) is 38.3 Å². The first-order valence-corrected chi connectivity index (χ1v) is 7.30. The van der Waals surface area contributed by atoms with Gasteiger partial charge in [-0.1, -0.05) is 23.7 Å². The lowest BCUT2D eigenvalue weighted by atomic mass is 10.0. The molecule has 108 valence electrons. The van der Waals surface area contributed by atoms with Gasteiger partial charge in [0.1, 0.15) is 5.65 Å². The van der Waals surface area contributed by atoms with Crippen LogP contribution in [0.15, 0.2) is 55.1 Å². The van der Waals surface area contributed by atoms with Gasteiger partial charge in [-0.2, -0.15) is 5.10 Å². The number of benzene rings is 1.